The molecule has 0 aliphatic heterocycles. The number of fused-ring (bicyclic) bond motifs is 1. The molecule has 82 valence electrons. The summed E-state index contributed by atoms with van der Waals surface area (Å²) in [5.41, 5.74) is 4.82. The Morgan fingerprint density at radius 3 is 3.00 bits per heavy atom. The zero-order valence-corrected chi connectivity index (χ0v) is 9.63. The third-order valence-electron chi connectivity index (χ3n) is 3.13. The monoisotopic (exact) mass is 233 g/mol. The standard InChI is InChI=1S/C13H12ClNO/c14-7-12-13(16-8-15-12)11-5-4-9-2-1-3-10(9)6-11/h4-6,8H,1-3,7H2. The van der Waals surface area contributed by atoms with Gasteiger partial charge in [0.05, 0.1) is 5.88 Å². The molecule has 3 rings (SSSR count). The lowest BCUT2D eigenvalue weighted by molar-refractivity contribution is 0.571. The van der Waals surface area contributed by atoms with Gasteiger partial charge in [0.15, 0.2) is 12.2 Å². The van der Waals surface area contributed by atoms with Crippen LogP contribution in [0.1, 0.15) is 23.2 Å². The molecule has 0 unspecified atom stereocenters. The molecule has 1 aromatic heterocycles. The van der Waals surface area contributed by atoms with E-state index in [-0.39, 0.29) is 0 Å². The number of aryl methyl sites for hydroxylation is 2. The van der Waals surface area contributed by atoms with Crippen LogP contribution in [0.4, 0.5) is 0 Å². The van der Waals surface area contributed by atoms with Crippen LogP contribution < -0.4 is 0 Å². The van der Waals surface area contributed by atoms with Crippen LogP contribution in [0.5, 0.6) is 0 Å². The first-order valence-corrected chi connectivity index (χ1v) is 6.02. The Bertz CT molecular complexity index is 518. The summed E-state index contributed by atoms with van der Waals surface area (Å²) in [6.07, 6.45) is 5.10. The summed E-state index contributed by atoms with van der Waals surface area (Å²) < 4.78 is 5.41. The van der Waals surface area contributed by atoms with Gasteiger partial charge in [0, 0.05) is 5.56 Å². The van der Waals surface area contributed by atoms with Crippen LogP contribution in [-0.2, 0) is 18.7 Å². The first-order valence-electron chi connectivity index (χ1n) is 5.49. The summed E-state index contributed by atoms with van der Waals surface area (Å²) in [4.78, 5) is 4.11. The molecular weight excluding hydrogens is 222 g/mol. The number of alkyl halides is 1. The van der Waals surface area contributed by atoms with Gasteiger partial charge in [-0.1, -0.05) is 12.1 Å². The first kappa shape index (κ1) is 9.91. The van der Waals surface area contributed by atoms with Gasteiger partial charge in [0.25, 0.3) is 0 Å². The van der Waals surface area contributed by atoms with Crippen LogP contribution in [0.3, 0.4) is 0 Å². The van der Waals surface area contributed by atoms with Crippen LogP contribution in [0, 0.1) is 0 Å². The Hall–Kier alpha value is -1.28. The van der Waals surface area contributed by atoms with Crippen LogP contribution in [-0.4, -0.2) is 4.98 Å². The zero-order valence-electron chi connectivity index (χ0n) is 8.87. The number of benzene rings is 1. The second-order valence-corrected chi connectivity index (χ2v) is 4.37. The Morgan fingerprint density at radius 2 is 2.12 bits per heavy atom. The second-order valence-electron chi connectivity index (χ2n) is 4.10. The van der Waals surface area contributed by atoms with Crippen molar-refractivity contribution in [3.63, 3.8) is 0 Å². The average Bonchev–Trinajstić information content (AvgIpc) is 2.96. The molecule has 2 nitrogen and oxygen atoms in total. The summed E-state index contributed by atoms with van der Waals surface area (Å²) in [5, 5.41) is 0. The molecule has 0 amide bonds. The molecule has 1 aliphatic carbocycles. The molecular formula is C13H12ClNO. The smallest absolute Gasteiger partial charge is 0.181 e. The molecule has 1 aromatic carbocycles. The van der Waals surface area contributed by atoms with Crippen LogP contribution in [0.25, 0.3) is 11.3 Å². The molecule has 0 spiro atoms. The second kappa shape index (κ2) is 3.95. The normalized spacial score (nSPS) is 14.1. The molecule has 0 saturated heterocycles. The topological polar surface area (TPSA) is 26.0 Å². The third kappa shape index (κ3) is 1.54. The van der Waals surface area contributed by atoms with E-state index in [4.69, 9.17) is 16.0 Å². The Labute approximate surface area is 99.3 Å². The summed E-state index contributed by atoms with van der Waals surface area (Å²) in [6, 6.07) is 6.50. The Balaban J connectivity index is 2.07. The third-order valence-corrected chi connectivity index (χ3v) is 3.38. The van der Waals surface area contributed by atoms with E-state index in [1.54, 1.807) is 0 Å². The molecule has 1 aliphatic rings. The van der Waals surface area contributed by atoms with Crippen LogP contribution in [0.2, 0.25) is 0 Å². The fourth-order valence-corrected chi connectivity index (χ4v) is 2.50. The molecule has 16 heavy (non-hydrogen) atoms. The number of halogens is 1. The highest BCUT2D eigenvalue weighted by molar-refractivity contribution is 6.17. The predicted octanol–water partition coefficient (Wildman–Crippen LogP) is 3.57. The van der Waals surface area contributed by atoms with E-state index in [1.165, 1.54) is 36.8 Å². The molecule has 1 heterocycles. The van der Waals surface area contributed by atoms with Crippen molar-refractivity contribution in [3.8, 4) is 11.3 Å². The van der Waals surface area contributed by atoms with E-state index in [2.05, 4.69) is 23.2 Å². The highest BCUT2D eigenvalue weighted by Crippen LogP contribution is 2.30. The molecule has 3 heteroatoms. The maximum absolute atomic E-state index is 5.82. The van der Waals surface area contributed by atoms with Crippen molar-refractivity contribution in [1.29, 1.82) is 0 Å². The Morgan fingerprint density at radius 1 is 1.25 bits per heavy atom. The van der Waals surface area contributed by atoms with E-state index < -0.39 is 0 Å². The molecule has 0 saturated carbocycles. The molecule has 2 aromatic rings. The molecule has 0 atom stereocenters. The van der Waals surface area contributed by atoms with Gasteiger partial charge in [-0.3, -0.25) is 0 Å². The summed E-state index contributed by atoms with van der Waals surface area (Å²) >= 11 is 5.82. The lowest BCUT2D eigenvalue weighted by Crippen LogP contribution is -1.86. The summed E-state index contributed by atoms with van der Waals surface area (Å²) in [5.74, 6) is 1.20. The number of oxazole rings is 1. The molecule has 0 radical (unpaired) electrons. The van der Waals surface area contributed by atoms with E-state index >= 15 is 0 Å². The van der Waals surface area contributed by atoms with Gasteiger partial charge in [-0.25, -0.2) is 4.98 Å². The number of rotatable bonds is 2. The average molecular weight is 234 g/mol. The van der Waals surface area contributed by atoms with Gasteiger partial charge in [0.2, 0.25) is 0 Å². The lowest BCUT2D eigenvalue weighted by atomic mass is 10.0. The minimum atomic E-state index is 0.392. The fourth-order valence-electron chi connectivity index (χ4n) is 2.31. The van der Waals surface area contributed by atoms with Crippen LogP contribution >= 0.6 is 11.6 Å². The van der Waals surface area contributed by atoms with Gasteiger partial charge < -0.3 is 4.42 Å². The van der Waals surface area contributed by atoms with Crippen molar-refractivity contribution in [1.82, 2.24) is 4.98 Å². The van der Waals surface area contributed by atoms with Crippen molar-refractivity contribution >= 4 is 11.6 Å². The Kier molecular flexibility index (Phi) is 2.44. The highest BCUT2D eigenvalue weighted by atomic mass is 35.5. The molecule has 0 bridgehead atoms. The van der Waals surface area contributed by atoms with E-state index in [0.717, 1.165) is 17.0 Å². The minimum absolute atomic E-state index is 0.392. The molecule has 0 N–H and O–H groups in total. The van der Waals surface area contributed by atoms with Crippen molar-refractivity contribution in [2.45, 2.75) is 25.1 Å². The number of aromatic nitrogens is 1. The fraction of sp³-hybridized carbons (Fsp3) is 0.308. The first-order chi connectivity index (χ1) is 7.88. The maximum atomic E-state index is 5.82. The maximum Gasteiger partial charge on any atom is 0.181 e. The zero-order chi connectivity index (χ0) is 11.0. The van der Waals surface area contributed by atoms with E-state index in [9.17, 15) is 0 Å². The van der Waals surface area contributed by atoms with Gasteiger partial charge in [0.1, 0.15) is 5.69 Å². The van der Waals surface area contributed by atoms with E-state index in [1.807, 2.05) is 0 Å². The minimum Gasteiger partial charge on any atom is -0.443 e. The van der Waals surface area contributed by atoms with Gasteiger partial charge >= 0.3 is 0 Å². The number of hydrogen-bond donors (Lipinski definition) is 0. The van der Waals surface area contributed by atoms with Gasteiger partial charge in [-0.05, 0) is 36.5 Å². The van der Waals surface area contributed by atoms with Crippen molar-refractivity contribution in [2.24, 2.45) is 0 Å². The van der Waals surface area contributed by atoms with Gasteiger partial charge in [-0.2, -0.15) is 0 Å². The highest BCUT2D eigenvalue weighted by Gasteiger charge is 2.15. The summed E-state index contributed by atoms with van der Waals surface area (Å²) in [7, 11) is 0. The number of nitrogens with zero attached hydrogens (tertiary/aromatic N) is 1. The van der Waals surface area contributed by atoms with Gasteiger partial charge in [-0.15, -0.1) is 11.6 Å². The SMILES string of the molecule is ClCc1ncoc1-c1ccc2c(c1)CCC2. The van der Waals surface area contributed by atoms with E-state index in [0.29, 0.717) is 5.88 Å². The van der Waals surface area contributed by atoms with Crippen molar-refractivity contribution in [2.75, 3.05) is 0 Å². The quantitative estimate of drug-likeness (QED) is 0.742. The van der Waals surface area contributed by atoms with Crippen molar-refractivity contribution < 1.29 is 4.42 Å². The lowest BCUT2D eigenvalue weighted by Gasteiger charge is -2.03. The van der Waals surface area contributed by atoms with Crippen molar-refractivity contribution in [3.05, 3.63) is 41.4 Å². The predicted molar refractivity (Wildman–Crippen MR) is 63.5 cm³/mol. The number of hydrogen-bond acceptors (Lipinski definition) is 2. The molecule has 0 fully saturated rings. The summed E-state index contributed by atoms with van der Waals surface area (Å²) in [6.45, 7) is 0. The largest absolute Gasteiger partial charge is 0.443 e. The van der Waals surface area contributed by atoms with Crippen LogP contribution in [0.15, 0.2) is 29.0 Å².